The van der Waals surface area contributed by atoms with Gasteiger partial charge in [0.25, 0.3) is 0 Å². The van der Waals surface area contributed by atoms with Gasteiger partial charge in [-0.25, -0.2) is 0 Å². The minimum absolute atomic E-state index is 0.164. The van der Waals surface area contributed by atoms with Gasteiger partial charge in [0.15, 0.2) is 5.82 Å². The minimum atomic E-state index is 0.164. The summed E-state index contributed by atoms with van der Waals surface area (Å²) in [4.78, 5) is 6.68. The molecule has 2 heterocycles. The Morgan fingerprint density at radius 3 is 2.95 bits per heavy atom. The Bertz CT molecular complexity index is 639. The molecule has 0 spiro atoms. The van der Waals surface area contributed by atoms with E-state index in [1.54, 1.807) is 6.07 Å². The Labute approximate surface area is 124 Å². The lowest BCUT2D eigenvalue weighted by Crippen LogP contribution is -2.48. The maximum Gasteiger partial charge on any atom is 0.245 e. The van der Waals surface area contributed by atoms with Crippen LogP contribution in [-0.4, -0.2) is 39.4 Å². The van der Waals surface area contributed by atoms with Gasteiger partial charge in [-0.05, 0) is 43.0 Å². The van der Waals surface area contributed by atoms with Crippen molar-refractivity contribution in [2.45, 2.75) is 26.3 Å². The zero-order chi connectivity index (χ0) is 15.0. The molecule has 3 rings (SSSR count). The molecule has 1 aliphatic heterocycles. The van der Waals surface area contributed by atoms with Crippen molar-refractivity contribution in [3.05, 3.63) is 23.8 Å². The number of aromatic nitrogens is 3. The van der Waals surface area contributed by atoms with Crippen LogP contribution in [0.1, 0.15) is 18.9 Å². The predicted molar refractivity (Wildman–Crippen MR) is 82.2 cm³/mol. The van der Waals surface area contributed by atoms with Crippen molar-refractivity contribution >= 4 is 5.95 Å². The molecule has 112 valence electrons. The molecule has 6 heteroatoms. The zero-order valence-electron chi connectivity index (χ0n) is 12.4. The number of aromatic amines is 1. The third kappa shape index (κ3) is 2.71. The highest BCUT2D eigenvalue weighted by atomic mass is 16.3. The van der Waals surface area contributed by atoms with Crippen LogP contribution in [0.3, 0.4) is 0 Å². The van der Waals surface area contributed by atoms with Gasteiger partial charge >= 0.3 is 0 Å². The normalized spacial score (nSPS) is 22.5. The number of piperidine rings is 1. The Hall–Kier alpha value is -2.08. The van der Waals surface area contributed by atoms with Gasteiger partial charge in [0.2, 0.25) is 5.95 Å². The molecular formula is C15H21N5O. The van der Waals surface area contributed by atoms with Crippen LogP contribution in [0.15, 0.2) is 18.2 Å². The molecule has 1 aromatic heterocycles. The van der Waals surface area contributed by atoms with Crippen LogP contribution in [0.2, 0.25) is 0 Å². The number of hydrogen-bond donors (Lipinski definition) is 3. The maximum absolute atomic E-state index is 9.59. The van der Waals surface area contributed by atoms with E-state index in [1.807, 2.05) is 19.1 Å². The second kappa shape index (κ2) is 5.37. The minimum Gasteiger partial charge on any atom is -0.508 e. The molecule has 0 bridgehead atoms. The van der Waals surface area contributed by atoms with Crippen LogP contribution in [0.25, 0.3) is 11.4 Å². The van der Waals surface area contributed by atoms with Gasteiger partial charge in [-0.1, -0.05) is 6.92 Å². The monoisotopic (exact) mass is 287 g/mol. The van der Waals surface area contributed by atoms with Crippen molar-refractivity contribution in [1.29, 1.82) is 0 Å². The van der Waals surface area contributed by atoms with E-state index in [0.717, 1.165) is 30.6 Å². The third-order valence-electron chi connectivity index (χ3n) is 4.24. The van der Waals surface area contributed by atoms with Crippen LogP contribution in [-0.2, 0) is 0 Å². The van der Waals surface area contributed by atoms with Crippen molar-refractivity contribution in [2.24, 2.45) is 11.7 Å². The van der Waals surface area contributed by atoms with Crippen LogP contribution in [0.4, 0.5) is 5.95 Å². The Morgan fingerprint density at radius 2 is 2.24 bits per heavy atom. The largest absolute Gasteiger partial charge is 0.508 e. The molecule has 1 saturated heterocycles. The fourth-order valence-corrected chi connectivity index (χ4v) is 2.61. The van der Waals surface area contributed by atoms with Gasteiger partial charge in [0, 0.05) is 24.7 Å². The molecule has 0 saturated carbocycles. The summed E-state index contributed by atoms with van der Waals surface area (Å²) >= 11 is 0. The number of hydrogen-bond acceptors (Lipinski definition) is 5. The number of aromatic hydroxyl groups is 1. The molecule has 4 N–H and O–H groups in total. The Kier molecular flexibility index (Phi) is 3.55. The van der Waals surface area contributed by atoms with Crippen molar-refractivity contribution in [2.75, 3.05) is 18.0 Å². The second-order valence-corrected chi connectivity index (χ2v) is 5.86. The average molecular weight is 287 g/mol. The van der Waals surface area contributed by atoms with E-state index in [9.17, 15) is 5.11 Å². The first-order valence-corrected chi connectivity index (χ1v) is 7.27. The van der Waals surface area contributed by atoms with Crippen molar-refractivity contribution < 1.29 is 5.11 Å². The number of rotatable bonds is 2. The number of anilines is 1. The Balaban J connectivity index is 1.81. The highest BCUT2D eigenvalue weighted by molar-refractivity contribution is 5.59. The Morgan fingerprint density at radius 1 is 1.43 bits per heavy atom. The number of aryl methyl sites for hydroxylation is 1. The number of phenols is 1. The zero-order valence-corrected chi connectivity index (χ0v) is 12.4. The summed E-state index contributed by atoms with van der Waals surface area (Å²) in [5.74, 6) is 2.23. The van der Waals surface area contributed by atoms with Crippen molar-refractivity contribution in [1.82, 2.24) is 15.2 Å². The topological polar surface area (TPSA) is 91.1 Å². The molecular weight excluding hydrogens is 266 g/mol. The van der Waals surface area contributed by atoms with Crippen LogP contribution >= 0.6 is 0 Å². The van der Waals surface area contributed by atoms with E-state index < -0.39 is 0 Å². The third-order valence-corrected chi connectivity index (χ3v) is 4.24. The van der Waals surface area contributed by atoms with E-state index in [-0.39, 0.29) is 11.8 Å². The second-order valence-electron chi connectivity index (χ2n) is 5.86. The molecule has 2 unspecified atom stereocenters. The summed E-state index contributed by atoms with van der Waals surface area (Å²) in [7, 11) is 0. The van der Waals surface area contributed by atoms with Crippen LogP contribution in [0.5, 0.6) is 5.75 Å². The van der Waals surface area contributed by atoms with Gasteiger partial charge in [-0.3, -0.25) is 5.10 Å². The molecule has 0 radical (unpaired) electrons. The molecule has 21 heavy (non-hydrogen) atoms. The van der Waals surface area contributed by atoms with E-state index in [1.165, 1.54) is 0 Å². The molecule has 1 aromatic carbocycles. The number of nitrogens with two attached hydrogens (primary N) is 1. The van der Waals surface area contributed by atoms with Crippen LogP contribution in [0, 0.1) is 12.8 Å². The summed E-state index contributed by atoms with van der Waals surface area (Å²) in [5, 5.41) is 16.9. The highest BCUT2D eigenvalue weighted by Gasteiger charge is 2.25. The standard InChI is InChI=1S/C15H21N5O/c1-9-5-6-20(8-12(9)16)15-17-14(18-19-15)11-3-4-13(21)10(2)7-11/h3-4,7,9,12,21H,5-6,8,16H2,1-2H3,(H,17,18,19). The highest BCUT2D eigenvalue weighted by Crippen LogP contribution is 2.25. The van der Waals surface area contributed by atoms with Gasteiger partial charge in [0.05, 0.1) is 0 Å². The summed E-state index contributed by atoms with van der Waals surface area (Å²) in [6, 6.07) is 5.56. The number of nitrogens with zero attached hydrogens (tertiary/aromatic N) is 3. The predicted octanol–water partition coefficient (Wildman–Crippen LogP) is 1.66. The summed E-state index contributed by atoms with van der Waals surface area (Å²) < 4.78 is 0. The summed E-state index contributed by atoms with van der Waals surface area (Å²) in [6.07, 6.45) is 1.06. The molecule has 2 aromatic rings. The van der Waals surface area contributed by atoms with Crippen LogP contribution < -0.4 is 10.6 Å². The quantitative estimate of drug-likeness (QED) is 0.781. The average Bonchev–Trinajstić information content (AvgIpc) is 2.94. The smallest absolute Gasteiger partial charge is 0.245 e. The first-order chi connectivity index (χ1) is 10.0. The fraction of sp³-hybridized carbons (Fsp3) is 0.467. The first-order valence-electron chi connectivity index (χ1n) is 7.27. The summed E-state index contributed by atoms with van der Waals surface area (Å²) in [6.45, 7) is 5.76. The van der Waals surface area contributed by atoms with Gasteiger partial charge in [-0.15, -0.1) is 5.10 Å². The number of benzene rings is 1. The number of nitrogens with one attached hydrogen (secondary N) is 1. The molecule has 2 atom stereocenters. The number of phenolic OH excluding ortho intramolecular Hbond substituents is 1. The molecule has 0 amide bonds. The van der Waals surface area contributed by atoms with E-state index in [2.05, 4.69) is 27.0 Å². The van der Waals surface area contributed by atoms with Gasteiger partial charge in [-0.2, -0.15) is 4.98 Å². The van der Waals surface area contributed by atoms with Crippen molar-refractivity contribution in [3.63, 3.8) is 0 Å². The SMILES string of the molecule is Cc1cc(-c2nc(N3CCC(C)C(N)C3)n[nH]2)ccc1O. The van der Waals surface area contributed by atoms with Gasteiger partial charge < -0.3 is 15.7 Å². The van der Waals surface area contributed by atoms with E-state index in [4.69, 9.17) is 5.73 Å². The number of H-pyrrole nitrogens is 1. The van der Waals surface area contributed by atoms with Gasteiger partial charge in [0.1, 0.15) is 5.75 Å². The molecule has 1 aliphatic rings. The maximum atomic E-state index is 9.59. The molecule has 0 aliphatic carbocycles. The van der Waals surface area contributed by atoms with E-state index in [0.29, 0.717) is 17.7 Å². The lowest BCUT2D eigenvalue weighted by molar-refractivity contribution is 0.376. The molecule has 6 nitrogen and oxygen atoms in total. The van der Waals surface area contributed by atoms with Crippen molar-refractivity contribution in [3.8, 4) is 17.1 Å². The molecule has 1 fully saturated rings. The lowest BCUT2D eigenvalue weighted by Gasteiger charge is -2.34. The lowest BCUT2D eigenvalue weighted by atomic mass is 9.95. The summed E-state index contributed by atoms with van der Waals surface area (Å²) in [5.41, 5.74) is 7.86. The van der Waals surface area contributed by atoms with E-state index >= 15 is 0 Å². The fourth-order valence-electron chi connectivity index (χ4n) is 2.61. The first kappa shape index (κ1) is 13.9.